The predicted octanol–water partition coefficient (Wildman–Crippen LogP) is -0.309. The van der Waals surface area contributed by atoms with E-state index in [1.807, 2.05) is 0 Å². The molecule has 0 aromatic carbocycles. The van der Waals surface area contributed by atoms with Crippen LogP contribution in [-0.2, 0) is 4.79 Å². The van der Waals surface area contributed by atoms with Crippen molar-refractivity contribution < 1.29 is 9.53 Å². The molecule has 0 aliphatic carbocycles. The number of rotatable bonds is 4. The smallest absolute Gasteiger partial charge is 0.236 e. The minimum absolute atomic E-state index is 0.0427. The van der Waals surface area contributed by atoms with Crippen LogP contribution in [-0.4, -0.2) is 29.5 Å². The molecule has 6 heteroatoms. The van der Waals surface area contributed by atoms with E-state index in [1.54, 1.807) is 6.92 Å². The van der Waals surface area contributed by atoms with Crippen LogP contribution in [0.25, 0.3) is 0 Å². The number of primary amides is 1. The number of hydrogen-bond donors (Lipinski definition) is 2. The van der Waals surface area contributed by atoms with E-state index >= 15 is 0 Å². The molecular formula is C8H12N4O2. The molecule has 76 valence electrons. The molecule has 0 bridgehead atoms. The molecule has 6 nitrogen and oxygen atoms in total. The quantitative estimate of drug-likeness (QED) is 0.689. The van der Waals surface area contributed by atoms with Crippen molar-refractivity contribution in [2.24, 2.45) is 5.73 Å². The molecular weight excluding hydrogens is 184 g/mol. The second kappa shape index (κ2) is 4.40. The van der Waals surface area contributed by atoms with E-state index in [0.29, 0.717) is 11.7 Å². The molecule has 3 N–H and O–H groups in total. The van der Waals surface area contributed by atoms with E-state index in [1.165, 1.54) is 13.4 Å². The Morgan fingerprint density at radius 1 is 1.64 bits per heavy atom. The number of nitrogens with zero attached hydrogens (tertiary/aromatic N) is 2. The summed E-state index contributed by atoms with van der Waals surface area (Å²) in [5.74, 6) is 0.588. The lowest BCUT2D eigenvalue weighted by Crippen LogP contribution is -2.22. The van der Waals surface area contributed by atoms with Crippen molar-refractivity contribution in [3.63, 3.8) is 0 Å². The summed E-state index contributed by atoms with van der Waals surface area (Å²) in [5.41, 5.74) is 5.73. The fraction of sp³-hybridized carbons (Fsp3) is 0.375. The Kier molecular flexibility index (Phi) is 3.22. The Labute approximate surface area is 81.5 Å². The van der Waals surface area contributed by atoms with E-state index in [4.69, 9.17) is 10.5 Å². The van der Waals surface area contributed by atoms with E-state index < -0.39 is 5.91 Å². The minimum atomic E-state index is -0.443. The van der Waals surface area contributed by atoms with Gasteiger partial charge < -0.3 is 15.8 Å². The zero-order valence-electron chi connectivity index (χ0n) is 8.07. The van der Waals surface area contributed by atoms with Crippen LogP contribution in [0.15, 0.2) is 6.33 Å². The summed E-state index contributed by atoms with van der Waals surface area (Å²) >= 11 is 0. The van der Waals surface area contributed by atoms with Crippen molar-refractivity contribution in [2.75, 3.05) is 19.0 Å². The maximum absolute atomic E-state index is 10.5. The summed E-state index contributed by atoms with van der Waals surface area (Å²) in [6.45, 7) is 1.84. The average molecular weight is 196 g/mol. The standard InChI is InChI=1S/C8H12N4O2/c1-5-7(10-3-6(9)13)11-4-12-8(5)14-2/h4H,3H2,1-2H3,(H2,9,13)(H,10,11,12). The summed E-state index contributed by atoms with van der Waals surface area (Å²) in [7, 11) is 1.52. The molecule has 1 aromatic rings. The summed E-state index contributed by atoms with van der Waals surface area (Å²) in [4.78, 5) is 18.4. The van der Waals surface area contributed by atoms with Gasteiger partial charge in [0.1, 0.15) is 12.1 Å². The fourth-order valence-corrected chi connectivity index (χ4v) is 0.989. The molecule has 0 aliphatic rings. The second-order valence-electron chi connectivity index (χ2n) is 2.68. The molecule has 14 heavy (non-hydrogen) atoms. The highest BCUT2D eigenvalue weighted by Crippen LogP contribution is 2.18. The van der Waals surface area contributed by atoms with Gasteiger partial charge in [0.05, 0.1) is 19.2 Å². The number of carbonyl (C=O) groups is 1. The zero-order chi connectivity index (χ0) is 10.6. The normalized spacial score (nSPS) is 9.57. The van der Waals surface area contributed by atoms with Crippen LogP contribution < -0.4 is 15.8 Å². The lowest BCUT2D eigenvalue weighted by atomic mass is 10.3. The highest BCUT2D eigenvalue weighted by molar-refractivity contribution is 5.78. The Morgan fingerprint density at radius 2 is 2.36 bits per heavy atom. The SMILES string of the molecule is COc1ncnc(NCC(N)=O)c1C. The number of ether oxygens (including phenoxy) is 1. The molecule has 1 aromatic heterocycles. The fourth-order valence-electron chi connectivity index (χ4n) is 0.989. The van der Waals surface area contributed by atoms with Gasteiger partial charge in [-0.15, -0.1) is 0 Å². The van der Waals surface area contributed by atoms with Crippen molar-refractivity contribution in [1.82, 2.24) is 9.97 Å². The number of amides is 1. The Hall–Kier alpha value is -1.85. The Bertz CT molecular complexity index is 340. The molecule has 0 aliphatic heterocycles. The third-order valence-electron chi connectivity index (χ3n) is 1.66. The van der Waals surface area contributed by atoms with E-state index in [2.05, 4.69) is 15.3 Å². The van der Waals surface area contributed by atoms with Gasteiger partial charge >= 0.3 is 0 Å². The maximum Gasteiger partial charge on any atom is 0.236 e. The number of methoxy groups -OCH3 is 1. The van der Waals surface area contributed by atoms with Crippen LogP contribution in [0, 0.1) is 6.92 Å². The van der Waals surface area contributed by atoms with Gasteiger partial charge in [-0.3, -0.25) is 4.79 Å². The first-order valence-electron chi connectivity index (χ1n) is 4.03. The van der Waals surface area contributed by atoms with Crippen molar-refractivity contribution in [3.8, 4) is 5.88 Å². The predicted molar refractivity (Wildman–Crippen MR) is 51.0 cm³/mol. The monoisotopic (exact) mass is 196 g/mol. The molecule has 0 radical (unpaired) electrons. The van der Waals surface area contributed by atoms with Crippen molar-refractivity contribution in [3.05, 3.63) is 11.9 Å². The number of hydrogen-bond acceptors (Lipinski definition) is 5. The van der Waals surface area contributed by atoms with Crippen LogP contribution in [0.3, 0.4) is 0 Å². The molecule has 1 amide bonds. The molecule has 0 fully saturated rings. The van der Waals surface area contributed by atoms with Crippen molar-refractivity contribution >= 4 is 11.7 Å². The maximum atomic E-state index is 10.5. The third kappa shape index (κ3) is 2.32. The van der Waals surface area contributed by atoms with Gasteiger partial charge in [0.2, 0.25) is 11.8 Å². The van der Waals surface area contributed by atoms with Gasteiger partial charge in [0.25, 0.3) is 0 Å². The summed E-state index contributed by atoms with van der Waals surface area (Å²) in [5, 5.41) is 2.78. The molecule has 0 saturated carbocycles. The van der Waals surface area contributed by atoms with Gasteiger partial charge in [0.15, 0.2) is 0 Å². The third-order valence-corrected chi connectivity index (χ3v) is 1.66. The first kappa shape index (κ1) is 10.2. The van der Waals surface area contributed by atoms with Crippen molar-refractivity contribution in [1.29, 1.82) is 0 Å². The molecule has 1 heterocycles. The lowest BCUT2D eigenvalue weighted by molar-refractivity contribution is -0.116. The summed E-state index contributed by atoms with van der Waals surface area (Å²) in [6, 6.07) is 0. The zero-order valence-corrected chi connectivity index (χ0v) is 8.07. The molecule has 0 atom stereocenters. The number of nitrogens with one attached hydrogen (secondary N) is 1. The van der Waals surface area contributed by atoms with E-state index in [9.17, 15) is 4.79 Å². The largest absolute Gasteiger partial charge is 0.481 e. The van der Waals surface area contributed by atoms with Crippen LogP contribution in [0.4, 0.5) is 5.82 Å². The molecule has 0 spiro atoms. The molecule has 1 rings (SSSR count). The Balaban J connectivity index is 2.81. The van der Waals surface area contributed by atoms with Gasteiger partial charge in [-0.25, -0.2) is 9.97 Å². The minimum Gasteiger partial charge on any atom is -0.481 e. The summed E-state index contributed by atoms with van der Waals surface area (Å²) < 4.78 is 4.99. The topological polar surface area (TPSA) is 90.1 Å². The van der Waals surface area contributed by atoms with Gasteiger partial charge in [-0.05, 0) is 6.92 Å². The van der Waals surface area contributed by atoms with Gasteiger partial charge in [0, 0.05) is 0 Å². The van der Waals surface area contributed by atoms with E-state index in [-0.39, 0.29) is 6.54 Å². The Morgan fingerprint density at radius 3 is 2.93 bits per heavy atom. The number of aromatic nitrogens is 2. The number of carbonyl (C=O) groups excluding carboxylic acids is 1. The van der Waals surface area contributed by atoms with Crippen molar-refractivity contribution in [2.45, 2.75) is 6.92 Å². The van der Waals surface area contributed by atoms with Crippen LogP contribution in [0.1, 0.15) is 5.56 Å². The van der Waals surface area contributed by atoms with Crippen LogP contribution in [0.2, 0.25) is 0 Å². The number of nitrogens with two attached hydrogens (primary N) is 1. The first-order valence-corrected chi connectivity index (χ1v) is 4.03. The average Bonchev–Trinajstić information content (AvgIpc) is 2.16. The van der Waals surface area contributed by atoms with Crippen LogP contribution >= 0.6 is 0 Å². The molecule has 0 saturated heterocycles. The van der Waals surface area contributed by atoms with E-state index in [0.717, 1.165) is 5.56 Å². The highest BCUT2D eigenvalue weighted by Gasteiger charge is 2.06. The second-order valence-corrected chi connectivity index (χ2v) is 2.68. The summed E-state index contributed by atoms with van der Waals surface area (Å²) in [6.07, 6.45) is 1.36. The highest BCUT2D eigenvalue weighted by atomic mass is 16.5. The van der Waals surface area contributed by atoms with Crippen LogP contribution in [0.5, 0.6) is 5.88 Å². The first-order chi connectivity index (χ1) is 6.65. The van der Waals surface area contributed by atoms with Gasteiger partial charge in [-0.1, -0.05) is 0 Å². The number of anilines is 1. The lowest BCUT2D eigenvalue weighted by Gasteiger charge is -2.08. The van der Waals surface area contributed by atoms with Gasteiger partial charge in [-0.2, -0.15) is 0 Å². The molecule has 0 unspecified atom stereocenters.